The van der Waals surface area contributed by atoms with Gasteiger partial charge in [-0.3, -0.25) is 0 Å². The van der Waals surface area contributed by atoms with E-state index in [4.69, 9.17) is 0 Å². The second kappa shape index (κ2) is 5.19. The van der Waals surface area contributed by atoms with Crippen LogP contribution in [0.4, 0.5) is 0 Å². The third-order valence-electron chi connectivity index (χ3n) is 6.42. The zero-order valence-electron chi connectivity index (χ0n) is 14.2. The quantitative estimate of drug-likeness (QED) is 0.816. The molecule has 3 rings (SSSR count). The molecule has 0 radical (unpaired) electrons. The highest BCUT2D eigenvalue weighted by Gasteiger charge is 2.53. The molecular formula is C20H28O2. The first-order valence-electron chi connectivity index (χ1n) is 8.60. The van der Waals surface area contributed by atoms with Crippen molar-refractivity contribution in [3.05, 3.63) is 34.9 Å². The van der Waals surface area contributed by atoms with E-state index in [0.29, 0.717) is 12.3 Å². The number of carbonyl (C=O) groups is 1. The Morgan fingerprint density at radius 2 is 2.00 bits per heavy atom. The van der Waals surface area contributed by atoms with Crippen LogP contribution in [-0.2, 0) is 10.2 Å². The Balaban J connectivity index is 2.13. The summed E-state index contributed by atoms with van der Waals surface area (Å²) in [5.41, 5.74) is 3.36. The van der Waals surface area contributed by atoms with Gasteiger partial charge in [-0.05, 0) is 53.2 Å². The van der Waals surface area contributed by atoms with Crippen LogP contribution in [0.2, 0.25) is 0 Å². The molecule has 0 amide bonds. The first kappa shape index (κ1) is 15.7. The van der Waals surface area contributed by atoms with Crippen molar-refractivity contribution in [1.82, 2.24) is 0 Å². The Hall–Kier alpha value is -1.15. The van der Waals surface area contributed by atoms with E-state index < -0.39 is 6.10 Å². The van der Waals surface area contributed by atoms with Crippen molar-refractivity contribution < 1.29 is 9.90 Å². The van der Waals surface area contributed by atoms with Crippen molar-refractivity contribution >= 4 is 6.29 Å². The van der Waals surface area contributed by atoms with Gasteiger partial charge < -0.3 is 9.90 Å². The van der Waals surface area contributed by atoms with Gasteiger partial charge in [0.25, 0.3) is 0 Å². The molecule has 1 fully saturated rings. The monoisotopic (exact) mass is 300 g/mol. The number of aldehydes is 1. The highest BCUT2D eigenvalue weighted by Crippen LogP contribution is 2.58. The fourth-order valence-corrected chi connectivity index (χ4v) is 4.99. The molecule has 0 aliphatic heterocycles. The SMILES string of the molecule is CC(C)c1ccc2c(c1)[C@H](O)C[C@H]1[C@](C)(C=O)CCC[C@]21C. The Kier molecular flexibility index (Phi) is 3.71. The van der Waals surface area contributed by atoms with E-state index in [1.54, 1.807) is 0 Å². The molecule has 1 saturated carbocycles. The zero-order valence-corrected chi connectivity index (χ0v) is 14.2. The predicted molar refractivity (Wildman–Crippen MR) is 89.0 cm³/mol. The molecule has 2 nitrogen and oxygen atoms in total. The van der Waals surface area contributed by atoms with Gasteiger partial charge in [0.1, 0.15) is 6.29 Å². The second-order valence-corrected chi connectivity index (χ2v) is 8.20. The molecule has 0 spiro atoms. The van der Waals surface area contributed by atoms with Gasteiger partial charge in [-0.15, -0.1) is 0 Å². The van der Waals surface area contributed by atoms with Crippen LogP contribution in [-0.4, -0.2) is 11.4 Å². The number of benzene rings is 1. The lowest BCUT2D eigenvalue weighted by molar-refractivity contribution is -0.124. The molecule has 4 atom stereocenters. The van der Waals surface area contributed by atoms with E-state index in [-0.39, 0.29) is 16.7 Å². The van der Waals surface area contributed by atoms with E-state index in [2.05, 4.69) is 45.9 Å². The topological polar surface area (TPSA) is 37.3 Å². The lowest BCUT2D eigenvalue weighted by Gasteiger charge is -2.54. The lowest BCUT2D eigenvalue weighted by Crippen LogP contribution is -2.50. The number of hydrogen-bond donors (Lipinski definition) is 1. The summed E-state index contributed by atoms with van der Waals surface area (Å²) in [6.07, 6.45) is 4.56. The maximum Gasteiger partial charge on any atom is 0.126 e. The van der Waals surface area contributed by atoms with Gasteiger partial charge in [0, 0.05) is 5.41 Å². The normalized spacial score (nSPS) is 37.5. The lowest BCUT2D eigenvalue weighted by atomic mass is 9.49. The minimum atomic E-state index is -0.441. The summed E-state index contributed by atoms with van der Waals surface area (Å²) in [5, 5.41) is 10.7. The fraction of sp³-hybridized carbons (Fsp3) is 0.650. The Morgan fingerprint density at radius 1 is 1.27 bits per heavy atom. The molecular weight excluding hydrogens is 272 g/mol. The number of hydrogen-bond acceptors (Lipinski definition) is 2. The molecule has 0 unspecified atom stereocenters. The summed E-state index contributed by atoms with van der Waals surface area (Å²) in [6, 6.07) is 6.62. The highest BCUT2D eigenvalue weighted by atomic mass is 16.3. The van der Waals surface area contributed by atoms with Crippen molar-refractivity contribution in [2.45, 2.75) is 70.8 Å². The van der Waals surface area contributed by atoms with Crippen LogP contribution in [0, 0.1) is 11.3 Å². The van der Waals surface area contributed by atoms with Crippen LogP contribution in [0.5, 0.6) is 0 Å². The van der Waals surface area contributed by atoms with Crippen molar-refractivity contribution in [2.75, 3.05) is 0 Å². The Morgan fingerprint density at radius 3 is 2.64 bits per heavy atom. The number of aliphatic hydroxyl groups excluding tert-OH is 1. The maximum atomic E-state index is 11.8. The second-order valence-electron chi connectivity index (χ2n) is 8.20. The van der Waals surface area contributed by atoms with Crippen molar-refractivity contribution in [2.24, 2.45) is 11.3 Å². The van der Waals surface area contributed by atoms with E-state index in [1.165, 1.54) is 11.1 Å². The minimum Gasteiger partial charge on any atom is -0.388 e. The summed E-state index contributed by atoms with van der Waals surface area (Å²) in [4.78, 5) is 11.8. The van der Waals surface area contributed by atoms with E-state index >= 15 is 0 Å². The van der Waals surface area contributed by atoms with Crippen LogP contribution in [0.15, 0.2) is 18.2 Å². The van der Waals surface area contributed by atoms with Crippen molar-refractivity contribution in [3.63, 3.8) is 0 Å². The number of rotatable bonds is 2. The molecule has 2 heteroatoms. The standard InChI is InChI=1S/C20H28O2/c1-13(2)14-6-7-16-15(10-14)17(22)11-18-19(3,12-21)8-5-9-20(16,18)4/h6-7,10,12-13,17-18,22H,5,8-9,11H2,1-4H3/t17-,18+,19+,20-/m1/s1. The maximum absolute atomic E-state index is 11.8. The van der Waals surface area contributed by atoms with Crippen LogP contribution in [0.3, 0.4) is 0 Å². The third kappa shape index (κ3) is 2.15. The average molecular weight is 300 g/mol. The molecule has 1 aromatic rings. The summed E-state index contributed by atoms with van der Waals surface area (Å²) < 4.78 is 0. The molecule has 0 saturated heterocycles. The van der Waals surface area contributed by atoms with Crippen molar-refractivity contribution in [3.8, 4) is 0 Å². The Bertz CT molecular complexity index is 591. The molecule has 2 aliphatic carbocycles. The summed E-state index contributed by atoms with van der Waals surface area (Å²) in [6.45, 7) is 8.76. The largest absolute Gasteiger partial charge is 0.388 e. The molecule has 0 aromatic heterocycles. The summed E-state index contributed by atoms with van der Waals surface area (Å²) >= 11 is 0. The molecule has 120 valence electrons. The third-order valence-corrected chi connectivity index (χ3v) is 6.42. The predicted octanol–water partition coefficient (Wildman–Crippen LogP) is 4.51. The molecule has 1 aromatic carbocycles. The van der Waals surface area contributed by atoms with Crippen LogP contribution < -0.4 is 0 Å². The van der Waals surface area contributed by atoms with Gasteiger partial charge in [0.2, 0.25) is 0 Å². The van der Waals surface area contributed by atoms with Gasteiger partial charge in [0.05, 0.1) is 6.10 Å². The zero-order chi connectivity index (χ0) is 16.1. The smallest absolute Gasteiger partial charge is 0.126 e. The molecule has 0 heterocycles. The average Bonchev–Trinajstić information content (AvgIpc) is 2.49. The first-order chi connectivity index (χ1) is 10.3. The molecule has 2 aliphatic rings. The van der Waals surface area contributed by atoms with Crippen molar-refractivity contribution in [1.29, 1.82) is 0 Å². The van der Waals surface area contributed by atoms with E-state index in [0.717, 1.165) is 31.1 Å². The summed E-state index contributed by atoms with van der Waals surface area (Å²) in [5.74, 6) is 0.702. The van der Waals surface area contributed by atoms with Gasteiger partial charge in [-0.2, -0.15) is 0 Å². The first-order valence-corrected chi connectivity index (χ1v) is 8.60. The van der Waals surface area contributed by atoms with Gasteiger partial charge in [-0.25, -0.2) is 0 Å². The Labute approximate surface area is 133 Å². The summed E-state index contributed by atoms with van der Waals surface area (Å²) in [7, 11) is 0. The fourth-order valence-electron chi connectivity index (χ4n) is 4.99. The minimum absolute atomic E-state index is 0.0119. The molecule has 22 heavy (non-hydrogen) atoms. The van der Waals surface area contributed by atoms with E-state index in [1.807, 2.05) is 0 Å². The molecule has 1 N–H and O–H groups in total. The van der Waals surface area contributed by atoms with Crippen LogP contribution in [0.25, 0.3) is 0 Å². The number of fused-ring (bicyclic) bond motifs is 3. The molecule has 0 bridgehead atoms. The van der Waals surface area contributed by atoms with Gasteiger partial charge in [-0.1, -0.05) is 52.3 Å². The highest BCUT2D eigenvalue weighted by molar-refractivity contribution is 5.61. The number of aliphatic hydroxyl groups is 1. The van der Waals surface area contributed by atoms with Crippen LogP contribution >= 0.6 is 0 Å². The van der Waals surface area contributed by atoms with Gasteiger partial charge in [0.15, 0.2) is 0 Å². The van der Waals surface area contributed by atoms with E-state index in [9.17, 15) is 9.90 Å². The van der Waals surface area contributed by atoms with Gasteiger partial charge >= 0.3 is 0 Å². The number of carbonyl (C=O) groups excluding carboxylic acids is 1. The van der Waals surface area contributed by atoms with Crippen LogP contribution in [0.1, 0.15) is 82.1 Å².